The molecule has 5 nitrogen and oxygen atoms in total. The predicted molar refractivity (Wildman–Crippen MR) is 64.8 cm³/mol. The number of hydrogen-bond donors (Lipinski definition) is 1. The third-order valence-corrected chi connectivity index (χ3v) is 2.45. The molecule has 18 heavy (non-hydrogen) atoms. The Hall–Kier alpha value is -2.14. The molecule has 0 aliphatic heterocycles. The summed E-state index contributed by atoms with van der Waals surface area (Å²) < 4.78 is 9.85. The highest BCUT2D eigenvalue weighted by molar-refractivity contribution is 5.88. The van der Waals surface area contributed by atoms with E-state index in [2.05, 4.69) is 15.0 Å². The van der Waals surface area contributed by atoms with Crippen LogP contribution < -0.4 is 5.32 Å². The number of furan rings is 1. The first-order valence-corrected chi connectivity index (χ1v) is 5.55. The van der Waals surface area contributed by atoms with Gasteiger partial charge in [0, 0.05) is 18.9 Å². The van der Waals surface area contributed by atoms with Crippen LogP contribution in [0.4, 0.5) is 0 Å². The van der Waals surface area contributed by atoms with E-state index in [0.29, 0.717) is 17.9 Å². The average molecular weight is 246 g/mol. The molecule has 0 bridgehead atoms. The van der Waals surface area contributed by atoms with Crippen molar-refractivity contribution >= 4 is 5.97 Å². The zero-order valence-electron chi connectivity index (χ0n) is 10.1. The van der Waals surface area contributed by atoms with E-state index >= 15 is 0 Å². The second kappa shape index (κ2) is 5.97. The Morgan fingerprint density at radius 1 is 1.39 bits per heavy atom. The number of methoxy groups -OCH3 is 1. The minimum absolute atomic E-state index is 0.390. The van der Waals surface area contributed by atoms with Gasteiger partial charge in [0.25, 0.3) is 0 Å². The van der Waals surface area contributed by atoms with Crippen molar-refractivity contribution in [3.63, 3.8) is 0 Å². The fourth-order valence-corrected chi connectivity index (χ4v) is 1.53. The van der Waals surface area contributed by atoms with Crippen LogP contribution in [0.1, 0.15) is 21.7 Å². The molecule has 2 aromatic heterocycles. The van der Waals surface area contributed by atoms with Crippen molar-refractivity contribution < 1.29 is 13.9 Å². The highest BCUT2D eigenvalue weighted by atomic mass is 16.5. The summed E-state index contributed by atoms with van der Waals surface area (Å²) in [6, 6.07) is 5.55. The standard InChI is InChI=1S/C13H14N2O3/c1-17-13(16)11-6-12(18-9-11)8-15-7-10-2-4-14-5-3-10/h2-6,9,15H,7-8H2,1H3. The number of hydrogen-bond acceptors (Lipinski definition) is 5. The van der Waals surface area contributed by atoms with Crippen LogP contribution in [-0.4, -0.2) is 18.1 Å². The Bertz CT molecular complexity index is 508. The maximum Gasteiger partial charge on any atom is 0.341 e. The van der Waals surface area contributed by atoms with Crippen molar-refractivity contribution in [2.75, 3.05) is 7.11 Å². The molecule has 0 atom stereocenters. The van der Waals surface area contributed by atoms with Crippen molar-refractivity contribution in [1.82, 2.24) is 10.3 Å². The van der Waals surface area contributed by atoms with Crippen molar-refractivity contribution in [3.05, 3.63) is 53.7 Å². The first-order chi connectivity index (χ1) is 8.79. The topological polar surface area (TPSA) is 64.4 Å². The summed E-state index contributed by atoms with van der Waals surface area (Å²) in [6.45, 7) is 1.27. The molecule has 0 amide bonds. The number of carbonyl (C=O) groups excluding carboxylic acids is 1. The lowest BCUT2D eigenvalue weighted by atomic mass is 10.2. The van der Waals surface area contributed by atoms with Gasteiger partial charge in [-0.3, -0.25) is 4.98 Å². The van der Waals surface area contributed by atoms with E-state index in [0.717, 1.165) is 12.1 Å². The van der Waals surface area contributed by atoms with Gasteiger partial charge in [-0.25, -0.2) is 4.79 Å². The highest BCUT2D eigenvalue weighted by Gasteiger charge is 2.09. The molecule has 94 valence electrons. The first-order valence-electron chi connectivity index (χ1n) is 5.55. The van der Waals surface area contributed by atoms with Crippen LogP contribution in [0.15, 0.2) is 41.3 Å². The molecule has 0 saturated heterocycles. The van der Waals surface area contributed by atoms with E-state index in [1.165, 1.54) is 13.4 Å². The number of ether oxygens (including phenoxy) is 1. The third-order valence-electron chi connectivity index (χ3n) is 2.45. The first kappa shape index (κ1) is 12.3. The molecule has 2 rings (SSSR count). The highest BCUT2D eigenvalue weighted by Crippen LogP contribution is 2.09. The molecule has 0 aliphatic rings. The van der Waals surface area contributed by atoms with Crippen LogP contribution in [0.3, 0.4) is 0 Å². The molecule has 5 heteroatoms. The maximum atomic E-state index is 11.2. The SMILES string of the molecule is COC(=O)c1coc(CNCc2ccncc2)c1. The number of esters is 1. The normalized spacial score (nSPS) is 10.3. The Morgan fingerprint density at radius 3 is 2.89 bits per heavy atom. The van der Waals surface area contributed by atoms with E-state index in [1.54, 1.807) is 18.5 Å². The lowest BCUT2D eigenvalue weighted by Gasteiger charge is -2.01. The van der Waals surface area contributed by atoms with E-state index in [1.807, 2.05) is 12.1 Å². The van der Waals surface area contributed by atoms with Crippen molar-refractivity contribution in [3.8, 4) is 0 Å². The van der Waals surface area contributed by atoms with Crippen molar-refractivity contribution in [2.24, 2.45) is 0 Å². The number of nitrogens with one attached hydrogen (secondary N) is 1. The van der Waals surface area contributed by atoms with Crippen LogP contribution in [-0.2, 0) is 17.8 Å². The average Bonchev–Trinajstić information content (AvgIpc) is 2.88. The summed E-state index contributed by atoms with van der Waals surface area (Å²) in [5.74, 6) is 0.309. The van der Waals surface area contributed by atoms with Crippen molar-refractivity contribution in [2.45, 2.75) is 13.1 Å². The Labute approximate surface area is 105 Å². The number of nitrogens with zero attached hydrogens (tertiary/aromatic N) is 1. The van der Waals surface area contributed by atoms with Gasteiger partial charge in [0.15, 0.2) is 0 Å². The van der Waals surface area contributed by atoms with Gasteiger partial charge in [-0.05, 0) is 23.8 Å². The molecule has 2 heterocycles. The second-order valence-electron chi connectivity index (χ2n) is 3.75. The number of pyridine rings is 1. The fraction of sp³-hybridized carbons (Fsp3) is 0.231. The smallest absolute Gasteiger partial charge is 0.341 e. The van der Waals surface area contributed by atoms with E-state index in [-0.39, 0.29) is 5.97 Å². The Kier molecular flexibility index (Phi) is 4.09. The summed E-state index contributed by atoms with van der Waals surface area (Å²) in [6.07, 6.45) is 4.90. The van der Waals surface area contributed by atoms with Crippen LogP contribution in [0.5, 0.6) is 0 Å². The number of carbonyl (C=O) groups is 1. The Morgan fingerprint density at radius 2 is 2.17 bits per heavy atom. The van der Waals surface area contributed by atoms with Gasteiger partial charge in [0.05, 0.1) is 19.2 Å². The number of aromatic nitrogens is 1. The van der Waals surface area contributed by atoms with E-state index in [9.17, 15) is 4.79 Å². The minimum atomic E-state index is -0.390. The molecule has 0 unspecified atom stereocenters. The zero-order chi connectivity index (χ0) is 12.8. The molecule has 0 radical (unpaired) electrons. The molecule has 0 aromatic carbocycles. The Balaban J connectivity index is 1.84. The minimum Gasteiger partial charge on any atom is -0.467 e. The van der Waals surface area contributed by atoms with Gasteiger partial charge in [-0.2, -0.15) is 0 Å². The fourth-order valence-electron chi connectivity index (χ4n) is 1.53. The van der Waals surface area contributed by atoms with Gasteiger partial charge >= 0.3 is 5.97 Å². The monoisotopic (exact) mass is 246 g/mol. The van der Waals surface area contributed by atoms with Gasteiger partial charge in [-0.15, -0.1) is 0 Å². The van der Waals surface area contributed by atoms with E-state index < -0.39 is 0 Å². The lowest BCUT2D eigenvalue weighted by molar-refractivity contribution is 0.0600. The second-order valence-corrected chi connectivity index (χ2v) is 3.75. The van der Waals surface area contributed by atoms with Crippen LogP contribution in [0.25, 0.3) is 0 Å². The van der Waals surface area contributed by atoms with Gasteiger partial charge in [0.1, 0.15) is 12.0 Å². The summed E-state index contributed by atoms with van der Waals surface area (Å²) in [7, 11) is 1.34. The lowest BCUT2D eigenvalue weighted by Crippen LogP contribution is -2.12. The van der Waals surface area contributed by atoms with Crippen LogP contribution in [0.2, 0.25) is 0 Å². The predicted octanol–water partition coefficient (Wildman–Crippen LogP) is 1.75. The summed E-state index contributed by atoms with van der Waals surface area (Å²) >= 11 is 0. The molecule has 0 aliphatic carbocycles. The molecule has 2 aromatic rings. The van der Waals surface area contributed by atoms with Crippen molar-refractivity contribution in [1.29, 1.82) is 0 Å². The quantitative estimate of drug-likeness (QED) is 0.814. The van der Waals surface area contributed by atoms with Crippen LogP contribution >= 0.6 is 0 Å². The molecule has 0 fully saturated rings. The van der Waals surface area contributed by atoms with Gasteiger partial charge in [-0.1, -0.05) is 0 Å². The molecular formula is C13H14N2O3. The summed E-state index contributed by atoms with van der Waals surface area (Å²) in [4.78, 5) is 15.2. The third kappa shape index (κ3) is 3.18. The summed E-state index contributed by atoms with van der Waals surface area (Å²) in [5.41, 5.74) is 1.57. The van der Waals surface area contributed by atoms with Crippen LogP contribution in [0, 0.1) is 0 Å². The maximum absolute atomic E-state index is 11.2. The van der Waals surface area contributed by atoms with Gasteiger partial charge in [0.2, 0.25) is 0 Å². The molecule has 0 saturated carbocycles. The summed E-state index contributed by atoms with van der Waals surface area (Å²) in [5, 5.41) is 3.21. The molecule has 0 spiro atoms. The zero-order valence-corrected chi connectivity index (χ0v) is 10.1. The largest absolute Gasteiger partial charge is 0.467 e. The molecular weight excluding hydrogens is 232 g/mol. The molecule has 1 N–H and O–H groups in total. The van der Waals surface area contributed by atoms with E-state index in [4.69, 9.17) is 4.42 Å². The van der Waals surface area contributed by atoms with Gasteiger partial charge < -0.3 is 14.5 Å². The number of rotatable bonds is 5.